The first-order chi connectivity index (χ1) is 23.8. The van der Waals surface area contributed by atoms with Crippen LogP contribution in [-0.2, 0) is 5.41 Å². The van der Waals surface area contributed by atoms with E-state index in [9.17, 15) is 0 Å². The van der Waals surface area contributed by atoms with Gasteiger partial charge in [-0.1, -0.05) is 146 Å². The lowest BCUT2D eigenvalue weighted by Gasteiger charge is -2.31. The fraction of sp³-hybridized carbons (Fsp3) is 0.0213. The molecule has 0 saturated heterocycles. The number of fused-ring (bicyclic) bond motifs is 15. The molecular weight excluding hydrogens is 581 g/mol. The maximum absolute atomic E-state index is 7.00. The zero-order valence-electron chi connectivity index (χ0n) is 26.1. The van der Waals surface area contributed by atoms with Gasteiger partial charge in [0.25, 0.3) is 0 Å². The summed E-state index contributed by atoms with van der Waals surface area (Å²) in [6.45, 7) is 0. The van der Waals surface area contributed by atoms with Crippen LogP contribution in [0.2, 0.25) is 0 Å². The lowest BCUT2D eigenvalue weighted by atomic mass is 9.69. The van der Waals surface area contributed by atoms with Gasteiger partial charge in [-0.05, 0) is 96.2 Å². The molecule has 0 aliphatic heterocycles. The van der Waals surface area contributed by atoms with Crippen LogP contribution in [0.15, 0.2) is 174 Å². The topological polar surface area (TPSA) is 13.1 Å². The molecule has 1 aromatic heterocycles. The lowest BCUT2D eigenvalue weighted by molar-refractivity contribution is 0.669. The Balaban J connectivity index is 1.34. The molecule has 0 bridgehead atoms. The Morgan fingerprint density at radius 2 is 1.04 bits per heavy atom. The molecule has 8 aromatic carbocycles. The van der Waals surface area contributed by atoms with Crippen LogP contribution in [-0.4, -0.2) is 0 Å². The van der Waals surface area contributed by atoms with Gasteiger partial charge in [-0.25, -0.2) is 0 Å². The van der Waals surface area contributed by atoms with Gasteiger partial charge in [0.1, 0.15) is 11.2 Å². The third-order valence-electron chi connectivity index (χ3n) is 10.9. The van der Waals surface area contributed by atoms with Gasteiger partial charge in [0.05, 0.1) is 5.41 Å². The maximum atomic E-state index is 7.00. The molecule has 48 heavy (non-hydrogen) atoms. The molecule has 0 amide bonds. The molecule has 11 rings (SSSR count). The molecule has 2 aliphatic rings. The zero-order chi connectivity index (χ0) is 31.4. The number of benzene rings is 8. The quantitative estimate of drug-likeness (QED) is 0.190. The normalized spacial score (nSPS) is 13.6. The first-order valence-corrected chi connectivity index (χ1v) is 16.7. The summed E-state index contributed by atoms with van der Waals surface area (Å²) in [5.41, 5.74) is 16.5. The van der Waals surface area contributed by atoms with Crippen molar-refractivity contribution in [2.45, 2.75) is 5.41 Å². The van der Waals surface area contributed by atoms with Crippen LogP contribution in [0.4, 0.5) is 0 Å². The van der Waals surface area contributed by atoms with Crippen molar-refractivity contribution in [1.29, 1.82) is 0 Å². The van der Waals surface area contributed by atoms with Crippen molar-refractivity contribution in [3.8, 4) is 44.5 Å². The highest BCUT2D eigenvalue weighted by atomic mass is 16.3. The van der Waals surface area contributed by atoms with Gasteiger partial charge in [-0.3, -0.25) is 0 Å². The van der Waals surface area contributed by atoms with E-state index in [1.807, 2.05) is 0 Å². The fourth-order valence-corrected chi connectivity index (χ4v) is 8.89. The van der Waals surface area contributed by atoms with E-state index in [4.69, 9.17) is 4.42 Å². The van der Waals surface area contributed by atoms with Crippen LogP contribution in [0, 0.1) is 0 Å². The first kappa shape index (κ1) is 25.9. The Hall–Kier alpha value is -6.18. The van der Waals surface area contributed by atoms with Crippen molar-refractivity contribution in [2.75, 3.05) is 0 Å². The molecule has 1 heteroatoms. The monoisotopic (exact) mass is 608 g/mol. The molecule has 2 aliphatic carbocycles. The van der Waals surface area contributed by atoms with E-state index < -0.39 is 5.41 Å². The summed E-state index contributed by atoms with van der Waals surface area (Å²) in [5, 5.41) is 4.80. The molecule has 222 valence electrons. The summed E-state index contributed by atoms with van der Waals surface area (Å²) in [6.07, 6.45) is 0. The average molecular weight is 609 g/mol. The van der Waals surface area contributed by atoms with Crippen molar-refractivity contribution in [3.05, 3.63) is 192 Å². The fourth-order valence-electron chi connectivity index (χ4n) is 8.89. The van der Waals surface area contributed by atoms with Gasteiger partial charge in [-0.15, -0.1) is 0 Å². The van der Waals surface area contributed by atoms with Crippen LogP contribution in [0.1, 0.15) is 22.3 Å². The molecule has 0 atom stereocenters. The van der Waals surface area contributed by atoms with E-state index in [0.717, 1.165) is 16.6 Å². The smallest absolute Gasteiger partial charge is 0.144 e. The first-order valence-electron chi connectivity index (χ1n) is 16.7. The van der Waals surface area contributed by atoms with Gasteiger partial charge in [0, 0.05) is 16.3 Å². The minimum Gasteiger partial charge on any atom is -0.455 e. The SMILES string of the molecule is c1ccc(-c2ccc3c(c2)C2(c4ccccc4-c4ccccc42)c2cc(-c4ccc5ccccc5c4)c4c(oc5ccccc54)c2-3)cc1. The summed E-state index contributed by atoms with van der Waals surface area (Å²) in [5.74, 6) is 0. The Morgan fingerprint density at radius 3 is 1.85 bits per heavy atom. The number of furan rings is 1. The second kappa shape index (κ2) is 9.44. The summed E-state index contributed by atoms with van der Waals surface area (Å²) in [6, 6.07) is 62.4. The summed E-state index contributed by atoms with van der Waals surface area (Å²) in [4.78, 5) is 0. The van der Waals surface area contributed by atoms with Gasteiger partial charge in [-0.2, -0.15) is 0 Å². The second-order valence-electron chi connectivity index (χ2n) is 13.2. The number of hydrogen-bond donors (Lipinski definition) is 0. The molecule has 0 fully saturated rings. The van der Waals surface area contributed by atoms with E-state index in [-0.39, 0.29) is 0 Å². The van der Waals surface area contributed by atoms with Crippen LogP contribution in [0.3, 0.4) is 0 Å². The third kappa shape index (κ3) is 3.25. The molecule has 0 unspecified atom stereocenters. The van der Waals surface area contributed by atoms with Crippen LogP contribution in [0.5, 0.6) is 0 Å². The number of rotatable bonds is 2. The molecule has 1 nitrogen and oxygen atoms in total. The van der Waals surface area contributed by atoms with Crippen molar-refractivity contribution in [1.82, 2.24) is 0 Å². The standard InChI is InChI=1S/C47H28O/c1-2-12-29(13-3-1)32-24-25-36-41(27-32)47(39-19-9-6-16-34(39)35-17-7-10-20-40(35)47)42-28-38(33-23-22-30-14-4-5-15-31(30)26-33)44-37-18-8-11-21-43(37)48-46(44)45(36)42/h1-28H. The molecule has 1 heterocycles. The molecule has 0 N–H and O–H groups in total. The highest BCUT2D eigenvalue weighted by Crippen LogP contribution is 2.65. The van der Waals surface area contributed by atoms with Crippen molar-refractivity contribution < 1.29 is 4.42 Å². The van der Waals surface area contributed by atoms with Gasteiger partial charge >= 0.3 is 0 Å². The van der Waals surface area contributed by atoms with Gasteiger partial charge in [0.15, 0.2) is 0 Å². The Morgan fingerprint density at radius 1 is 0.375 bits per heavy atom. The maximum Gasteiger partial charge on any atom is 0.144 e. The molecular formula is C47H28O. The minimum absolute atomic E-state index is 0.499. The summed E-state index contributed by atoms with van der Waals surface area (Å²) in [7, 11) is 0. The molecule has 1 spiro atoms. The molecule has 0 radical (unpaired) electrons. The van der Waals surface area contributed by atoms with Crippen LogP contribution < -0.4 is 0 Å². The van der Waals surface area contributed by atoms with Crippen molar-refractivity contribution in [3.63, 3.8) is 0 Å². The average Bonchev–Trinajstić information content (AvgIpc) is 3.79. The van der Waals surface area contributed by atoms with Gasteiger partial charge in [0.2, 0.25) is 0 Å². The summed E-state index contributed by atoms with van der Waals surface area (Å²) < 4.78 is 7.00. The minimum atomic E-state index is -0.499. The van der Waals surface area contributed by atoms with Crippen molar-refractivity contribution >= 4 is 32.7 Å². The predicted octanol–water partition coefficient (Wildman–Crippen LogP) is 12.4. The highest BCUT2D eigenvalue weighted by molar-refractivity contribution is 6.19. The number of para-hydroxylation sites is 1. The highest BCUT2D eigenvalue weighted by Gasteiger charge is 2.53. The van der Waals surface area contributed by atoms with Crippen LogP contribution in [0.25, 0.3) is 77.2 Å². The van der Waals surface area contributed by atoms with E-state index in [2.05, 4.69) is 170 Å². The van der Waals surface area contributed by atoms with Gasteiger partial charge < -0.3 is 4.42 Å². The Bertz CT molecular complexity index is 2740. The Kier molecular flexibility index (Phi) is 5.10. The molecule has 0 saturated carbocycles. The van der Waals surface area contributed by atoms with E-state index in [1.165, 1.54) is 82.9 Å². The molecule has 9 aromatic rings. The summed E-state index contributed by atoms with van der Waals surface area (Å²) >= 11 is 0. The van der Waals surface area contributed by atoms with E-state index in [1.54, 1.807) is 0 Å². The second-order valence-corrected chi connectivity index (χ2v) is 13.2. The predicted molar refractivity (Wildman–Crippen MR) is 198 cm³/mol. The van der Waals surface area contributed by atoms with E-state index in [0.29, 0.717) is 0 Å². The number of hydrogen-bond acceptors (Lipinski definition) is 1. The zero-order valence-corrected chi connectivity index (χ0v) is 26.1. The lowest BCUT2D eigenvalue weighted by Crippen LogP contribution is -2.26. The van der Waals surface area contributed by atoms with Crippen molar-refractivity contribution in [2.24, 2.45) is 0 Å². The van der Waals surface area contributed by atoms with Crippen LogP contribution >= 0.6 is 0 Å². The Labute approximate surface area is 278 Å². The largest absolute Gasteiger partial charge is 0.455 e. The third-order valence-corrected chi connectivity index (χ3v) is 10.9. The van der Waals surface area contributed by atoms with E-state index >= 15 is 0 Å².